The number of hydrogen-bond donors (Lipinski definition) is 2. The Morgan fingerprint density at radius 1 is 1.32 bits per heavy atom. The van der Waals surface area contributed by atoms with Crippen LogP contribution in [-0.4, -0.2) is 83.1 Å². The summed E-state index contributed by atoms with van der Waals surface area (Å²) < 4.78 is 16.8. The molecule has 5 heterocycles. The summed E-state index contributed by atoms with van der Waals surface area (Å²) in [6.07, 6.45) is 11.8. The fraction of sp³-hybridized carbons (Fsp3) is 0.643. The van der Waals surface area contributed by atoms with Crippen LogP contribution in [0.1, 0.15) is 61.4 Å². The topological polar surface area (TPSA) is 119 Å². The van der Waals surface area contributed by atoms with Gasteiger partial charge in [-0.15, -0.1) is 0 Å². The Balaban J connectivity index is 1.10. The largest absolute Gasteiger partial charge is 0.480 e. The minimum atomic E-state index is -0.911. The molecule has 3 aliphatic rings. The van der Waals surface area contributed by atoms with Crippen molar-refractivity contribution in [2.75, 3.05) is 51.9 Å². The number of fused-ring (bicyclic) bond motifs is 1. The van der Waals surface area contributed by atoms with E-state index in [4.69, 9.17) is 19.2 Å². The van der Waals surface area contributed by atoms with Crippen LogP contribution in [0.25, 0.3) is 0 Å². The van der Waals surface area contributed by atoms with Gasteiger partial charge in [0.15, 0.2) is 0 Å². The number of nitrogens with one attached hydrogen (secondary N) is 1. The fourth-order valence-electron chi connectivity index (χ4n) is 5.67. The molecular weight excluding hydrogens is 486 g/mol. The third kappa shape index (κ3) is 6.24. The van der Waals surface area contributed by atoms with Gasteiger partial charge in [-0.1, -0.05) is 18.9 Å². The van der Waals surface area contributed by atoms with Crippen molar-refractivity contribution in [3.05, 3.63) is 41.5 Å². The first-order valence-electron chi connectivity index (χ1n) is 13.8. The SMILES string of the molecule is COC1(COc2ncncc2C(C(=O)O)N2CC[C@@H](CCCCCc3ccc4c(n3)NCCC4)C2)COC1. The maximum absolute atomic E-state index is 12.4. The maximum Gasteiger partial charge on any atom is 0.325 e. The molecule has 2 aromatic rings. The summed E-state index contributed by atoms with van der Waals surface area (Å²) in [6.45, 7) is 3.64. The Labute approximate surface area is 224 Å². The summed E-state index contributed by atoms with van der Waals surface area (Å²) >= 11 is 0. The van der Waals surface area contributed by atoms with E-state index in [2.05, 4.69) is 27.4 Å². The van der Waals surface area contributed by atoms with Crippen molar-refractivity contribution in [1.29, 1.82) is 0 Å². The van der Waals surface area contributed by atoms with Gasteiger partial charge in [-0.2, -0.15) is 0 Å². The highest BCUT2D eigenvalue weighted by molar-refractivity contribution is 5.76. The van der Waals surface area contributed by atoms with Crippen LogP contribution in [0.5, 0.6) is 5.88 Å². The molecule has 2 aromatic heterocycles. The van der Waals surface area contributed by atoms with Gasteiger partial charge < -0.3 is 24.6 Å². The lowest BCUT2D eigenvalue weighted by molar-refractivity contribution is -0.209. The minimum Gasteiger partial charge on any atom is -0.480 e. The summed E-state index contributed by atoms with van der Waals surface area (Å²) in [6, 6.07) is 3.56. The standard InChI is InChI=1S/C28H39N5O5/c1-36-28(16-37-17-28)18-38-26-23(14-29-19-31-26)24(27(34)35)33-13-11-20(15-33)6-3-2-4-8-22-10-9-21-7-5-12-30-25(21)32-22/h9-10,14,19-20,24H,2-8,11-13,15-18H2,1H3,(H,30,32)(H,34,35)/t20-,24?/m1/s1. The van der Waals surface area contributed by atoms with Crippen molar-refractivity contribution in [2.45, 2.75) is 63.0 Å². The van der Waals surface area contributed by atoms with Crippen molar-refractivity contribution in [1.82, 2.24) is 19.9 Å². The van der Waals surface area contributed by atoms with Crippen LogP contribution in [0.3, 0.4) is 0 Å². The number of carboxylic acid groups (broad SMARTS) is 1. The van der Waals surface area contributed by atoms with Crippen LogP contribution in [0, 0.1) is 5.92 Å². The van der Waals surface area contributed by atoms with Gasteiger partial charge in [0, 0.05) is 32.1 Å². The van der Waals surface area contributed by atoms with Gasteiger partial charge in [-0.3, -0.25) is 9.69 Å². The molecule has 38 heavy (non-hydrogen) atoms. The normalized spacial score (nSPS) is 21.2. The number of hydrogen-bond acceptors (Lipinski definition) is 9. The number of rotatable bonds is 13. The molecule has 0 aliphatic carbocycles. The number of unbranched alkanes of at least 4 members (excludes halogenated alkanes) is 2. The third-order valence-electron chi connectivity index (χ3n) is 8.05. The number of ether oxygens (including phenoxy) is 3. The van der Waals surface area contributed by atoms with Crippen LogP contribution >= 0.6 is 0 Å². The molecule has 1 unspecified atom stereocenters. The Morgan fingerprint density at radius 2 is 2.21 bits per heavy atom. The van der Waals surface area contributed by atoms with E-state index in [0.717, 1.165) is 70.4 Å². The van der Waals surface area contributed by atoms with E-state index in [1.165, 1.54) is 24.0 Å². The van der Waals surface area contributed by atoms with Crippen LogP contribution < -0.4 is 10.1 Å². The third-order valence-corrected chi connectivity index (χ3v) is 8.05. The fourth-order valence-corrected chi connectivity index (χ4v) is 5.67. The highest BCUT2D eigenvalue weighted by Crippen LogP contribution is 2.34. The molecule has 0 spiro atoms. The van der Waals surface area contributed by atoms with Crippen LogP contribution in [0.2, 0.25) is 0 Å². The molecule has 0 saturated carbocycles. The zero-order valence-corrected chi connectivity index (χ0v) is 22.2. The average Bonchev–Trinajstić information content (AvgIpc) is 3.37. The average molecular weight is 526 g/mol. The highest BCUT2D eigenvalue weighted by Gasteiger charge is 2.41. The molecule has 2 saturated heterocycles. The number of nitrogens with zero attached hydrogens (tertiary/aromatic N) is 4. The van der Waals surface area contributed by atoms with E-state index in [9.17, 15) is 9.90 Å². The Morgan fingerprint density at radius 3 is 3.00 bits per heavy atom. The lowest BCUT2D eigenvalue weighted by Gasteiger charge is -2.39. The predicted molar refractivity (Wildman–Crippen MR) is 141 cm³/mol. The van der Waals surface area contributed by atoms with Crippen LogP contribution in [0.4, 0.5) is 5.82 Å². The van der Waals surface area contributed by atoms with Gasteiger partial charge in [0.05, 0.1) is 18.8 Å². The molecule has 0 radical (unpaired) electrons. The summed E-state index contributed by atoms with van der Waals surface area (Å²) in [5, 5.41) is 13.6. The number of methoxy groups -OCH3 is 1. The van der Waals surface area contributed by atoms with Crippen molar-refractivity contribution < 1.29 is 24.1 Å². The molecule has 2 fully saturated rings. The van der Waals surface area contributed by atoms with Crippen molar-refractivity contribution in [3.8, 4) is 5.88 Å². The Hall–Kier alpha value is -2.82. The van der Waals surface area contributed by atoms with Gasteiger partial charge >= 0.3 is 5.97 Å². The van der Waals surface area contributed by atoms with Crippen molar-refractivity contribution >= 4 is 11.8 Å². The maximum atomic E-state index is 12.4. The molecule has 206 valence electrons. The number of aromatic nitrogens is 3. The molecule has 0 aromatic carbocycles. The van der Waals surface area contributed by atoms with E-state index < -0.39 is 17.6 Å². The number of carboxylic acids is 1. The summed E-state index contributed by atoms with van der Waals surface area (Å²) in [5.74, 6) is 0.942. The number of aliphatic carboxylic acids is 1. The molecule has 0 bridgehead atoms. The molecule has 10 nitrogen and oxygen atoms in total. The second kappa shape index (κ2) is 12.4. The Bertz CT molecular complexity index is 1090. The zero-order valence-electron chi connectivity index (χ0n) is 22.2. The molecule has 0 amide bonds. The molecule has 10 heteroatoms. The highest BCUT2D eigenvalue weighted by atomic mass is 16.6. The first-order chi connectivity index (χ1) is 18.6. The minimum absolute atomic E-state index is 0.250. The summed E-state index contributed by atoms with van der Waals surface area (Å²) in [7, 11) is 1.62. The molecule has 2 atom stereocenters. The second-order valence-corrected chi connectivity index (χ2v) is 10.8. The lowest BCUT2D eigenvalue weighted by atomic mass is 9.99. The first kappa shape index (κ1) is 26.8. The molecule has 3 aliphatic heterocycles. The number of anilines is 1. The van der Waals surface area contributed by atoms with E-state index in [0.29, 0.717) is 30.6 Å². The van der Waals surface area contributed by atoms with E-state index in [1.54, 1.807) is 13.3 Å². The van der Waals surface area contributed by atoms with E-state index in [1.807, 2.05) is 4.90 Å². The van der Waals surface area contributed by atoms with Crippen molar-refractivity contribution in [3.63, 3.8) is 0 Å². The predicted octanol–water partition coefficient (Wildman–Crippen LogP) is 3.27. The second-order valence-electron chi connectivity index (χ2n) is 10.8. The molecule has 5 rings (SSSR count). The first-order valence-corrected chi connectivity index (χ1v) is 13.8. The smallest absolute Gasteiger partial charge is 0.325 e. The summed E-state index contributed by atoms with van der Waals surface area (Å²) in [4.78, 5) is 27.6. The quantitative estimate of drug-likeness (QED) is 0.377. The zero-order chi connectivity index (χ0) is 26.4. The number of carbonyl (C=O) groups is 1. The van der Waals surface area contributed by atoms with Gasteiger partial charge in [0.2, 0.25) is 5.88 Å². The summed E-state index contributed by atoms with van der Waals surface area (Å²) in [5.41, 5.74) is 2.48. The van der Waals surface area contributed by atoms with Gasteiger partial charge in [0.25, 0.3) is 0 Å². The van der Waals surface area contributed by atoms with Gasteiger partial charge in [0.1, 0.15) is 30.4 Å². The van der Waals surface area contributed by atoms with Crippen LogP contribution in [-0.2, 0) is 27.1 Å². The number of aryl methyl sites for hydroxylation is 2. The van der Waals surface area contributed by atoms with Gasteiger partial charge in [-0.05, 0) is 62.6 Å². The molecule has 2 N–H and O–H groups in total. The monoisotopic (exact) mass is 525 g/mol. The van der Waals surface area contributed by atoms with Crippen LogP contribution in [0.15, 0.2) is 24.7 Å². The van der Waals surface area contributed by atoms with Gasteiger partial charge in [-0.25, -0.2) is 15.0 Å². The van der Waals surface area contributed by atoms with E-state index in [-0.39, 0.29) is 6.61 Å². The lowest BCUT2D eigenvalue weighted by Crippen LogP contribution is -2.55. The number of pyridine rings is 1. The molecular formula is C28H39N5O5. The van der Waals surface area contributed by atoms with Crippen molar-refractivity contribution in [2.24, 2.45) is 5.92 Å². The van der Waals surface area contributed by atoms with E-state index >= 15 is 0 Å². The number of likely N-dealkylation sites (tertiary alicyclic amines) is 1. The Kier molecular flexibility index (Phi) is 8.71.